The molecule has 1 aliphatic heterocycles. The molecule has 1 aromatic rings. The predicted molar refractivity (Wildman–Crippen MR) is 121 cm³/mol. The third kappa shape index (κ3) is 6.11. The number of piperazine rings is 1. The lowest BCUT2D eigenvalue weighted by Crippen LogP contribution is -2.63. The lowest BCUT2D eigenvalue weighted by molar-refractivity contribution is -0.0856. The molecule has 1 aliphatic carbocycles. The van der Waals surface area contributed by atoms with Gasteiger partial charge < -0.3 is 9.87 Å². The van der Waals surface area contributed by atoms with Crippen molar-refractivity contribution in [1.82, 2.24) is 14.5 Å². The van der Waals surface area contributed by atoms with Crippen molar-refractivity contribution in [2.24, 2.45) is 0 Å². The van der Waals surface area contributed by atoms with E-state index in [0.717, 1.165) is 6.42 Å². The van der Waals surface area contributed by atoms with E-state index in [1.807, 2.05) is 11.2 Å². The summed E-state index contributed by atoms with van der Waals surface area (Å²) in [5.74, 6) is -2.47. The molecule has 1 atom stereocenters. The van der Waals surface area contributed by atoms with Gasteiger partial charge in [0.05, 0.1) is 23.7 Å². The fourth-order valence-corrected chi connectivity index (χ4v) is 5.99. The van der Waals surface area contributed by atoms with Gasteiger partial charge in [-0.25, -0.2) is 13.2 Å². The van der Waals surface area contributed by atoms with Crippen LogP contribution < -0.4 is 5.32 Å². The molecule has 0 bridgehead atoms. The monoisotopic (exact) mass is 493 g/mol. The first-order chi connectivity index (χ1) is 15.2. The van der Waals surface area contributed by atoms with Crippen LogP contribution in [0.2, 0.25) is 5.02 Å². The Labute approximate surface area is 196 Å². The van der Waals surface area contributed by atoms with E-state index in [4.69, 9.17) is 11.6 Å². The number of nitrogens with one attached hydrogen (secondary N) is 1. The van der Waals surface area contributed by atoms with Crippen LogP contribution in [0, 0.1) is 0 Å². The number of nitrogens with zero attached hydrogens (tertiary/aromatic N) is 2. The van der Waals surface area contributed by atoms with E-state index >= 15 is 0 Å². The topological polar surface area (TPSA) is 58.6 Å². The normalized spacial score (nSPS) is 22.4. The van der Waals surface area contributed by atoms with Crippen LogP contribution in [0.15, 0.2) is 18.2 Å². The second-order valence-electron chi connectivity index (χ2n) is 8.65. The second-order valence-corrected chi connectivity index (χ2v) is 10.6. The zero-order valence-corrected chi connectivity index (χ0v) is 19.9. The average molecular weight is 494 g/mol. The van der Waals surface area contributed by atoms with Gasteiger partial charge in [-0.3, -0.25) is 9.69 Å². The maximum Gasteiger partial charge on any atom is 0.252 e. The number of rotatable bonds is 8. The first-order valence-electron chi connectivity index (χ1n) is 11.1. The Morgan fingerprint density at radius 2 is 1.84 bits per heavy atom. The number of hydrogen-bond acceptors (Lipinski definition) is 4. The summed E-state index contributed by atoms with van der Waals surface area (Å²) in [5, 5.41) is 3.05. The molecular formula is C22H31ClF3N3O2S. The van der Waals surface area contributed by atoms with Crippen molar-refractivity contribution < 1.29 is 22.5 Å². The summed E-state index contributed by atoms with van der Waals surface area (Å²) in [6, 6.07) is 4.41. The number of benzene rings is 1. The van der Waals surface area contributed by atoms with Crippen LogP contribution in [-0.2, 0) is 18.0 Å². The van der Waals surface area contributed by atoms with Crippen LogP contribution in [-0.4, -0.2) is 69.6 Å². The van der Waals surface area contributed by atoms with Crippen molar-refractivity contribution in [2.45, 2.75) is 57.2 Å². The van der Waals surface area contributed by atoms with Gasteiger partial charge in [0.2, 0.25) is 5.92 Å². The third-order valence-corrected chi connectivity index (χ3v) is 8.51. The van der Waals surface area contributed by atoms with Crippen molar-refractivity contribution >= 4 is 28.9 Å². The molecule has 32 heavy (non-hydrogen) atoms. The van der Waals surface area contributed by atoms with Crippen molar-refractivity contribution in [3.63, 3.8) is 0 Å². The summed E-state index contributed by atoms with van der Waals surface area (Å²) < 4.78 is 55.0. The van der Waals surface area contributed by atoms with Crippen molar-refractivity contribution in [2.75, 3.05) is 38.5 Å². The van der Waals surface area contributed by atoms with Gasteiger partial charge in [0.25, 0.3) is 5.91 Å². The van der Waals surface area contributed by atoms with Gasteiger partial charge in [-0.15, -0.1) is 4.31 Å². The lowest BCUT2D eigenvalue weighted by Gasteiger charge is -2.50. The smallest absolute Gasteiger partial charge is 0.252 e. The van der Waals surface area contributed by atoms with E-state index in [1.54, 1.807) is 0 Å². The number of alkyl halides is 3. The van der Waals surface area contributed by atoms with Gasteiger partial charge in [-0.05, 0) is 37.0 Å². The van der Waals surface area contributed by atoms with Crippen LogP contribution in [0.25, 0.3) is 0 Å². The van der Waals surface area contributed by atoms with E-state index in [9.17, 15) is 22.5 Å². The molecule has 0 aromatic heterocycles. The SMILES string of the molecule is CCC[S+]([O-])N1CCN(C2(CNC(=O)c3ccc(CF)cc3Cl)CCC(F)(F)CC2)CC1. The number of carbonyl (C=O) groups excluding carboxylic acids is 1. The molecule has 1 aromatic carbocycles. The number of amides is 1. The molecule has 0 spiro atoms. The molecule has 0 radical (unpaired) electrons. The highest BCUT2D eigenvalue weighted by Crippen LogP contribution is 2.42. The summed E-state index contributed by atoms with van der Waals surface area (Å²) in [6.45, 7) is 3.98. The Morgan fingerprint density at radius 1 is 1.19 bits per heavy atom. The highest BCUT2D eigenvalue weighted by Gasteiger charge is 2.47. The lowest BCUT2D eigenvalue weighted by atomic mass is 9.78. The summed E-state index contributed by atoms with van der Waals surface area (Å²) in [7, 11) is 0. The van der Waals surface area contributed by atoms with Gasteiger partial charge in [-0.2, -0.15) is 0 Å². The fraction of sp³-hybridized carbons (Fsp3) is 0.682. The first kappa shape index (κ1) is 25.6. The molecule has 180 valence electrons. The largest absolute Gasteiger partial charge is 0.598 e. The number of halogens is 4. The van der Waals surface area contributed by atoms with Gasteiger partial charge in [0.1, 0.15) is 12.4 Å². The molecule has 2 fully saturated rings. The highest BCUT2D eigenvalue weighted by molar-refractivity contribution is 7.89. The Kier molecular flexibility index (Phi) is 8.77. The van der Waals surface area contributed by atoms with E-state index in [0.29, 0.717) is 37.5 Å². The predicted octanol–water partition coefficient (Wildman–Crippen LogP) is 4.18. The summed E-state index contributed by atoms with van der Waals surface area (Å²) >= 11 is 5.13. The zero-order chi connectivity index (χ0) is 23.4. The quantitative estimate of drug-likeness (QED) is 0.552. The van der Waals surface area contributed by atoms with Crippen LogP contribution in [0.3, 0.4) is 0 Å². The Morgan fingerprint density at radius 3 is 2.41 bits per heavy atom. The molecule has 1 saturated heterocycles. The zero-order valence-electron chi connectivity index (χ0n) is 18.3. The molecule has 1 saturated carbocycles. The maximum absolute atomic E-state index is 14.0. The number of carbonyl (C=O) groups is 1. The molecule has 1 unspecified atom stereocenters. The van der Waals surface area contributed by atoms with Gasteiger partial charge in [0, 0.05) is 49.4 Å². The van der Waals surface area contributed by atoms with Crippen LogP contribution in [0.5, 0.6) is 0 Å². The number of hydrogen-bond donors (Lipinski definition) is 1. The minimum absolute atomic E-state index is 0.161. The van der Waals surface area contributed by atoms with E-state index in [2.05, 4.69) is 10.2 Å². The molecule has 2 aliphatic rings. The molecule has 1 heterocycles. The standard InChI is InChI=1S/C22H31ClF3N3O2S/c1-2-13-32(31)29-11-9-28(10-12-29)21(5-7-22(25,26)8-6-21)16-27-20(30)18-4-3-17(15-24)14-19(18)23/h3-4,14H,2,5-13,15-16H2,1H3,(H,27,30). The molecule has 5 nitrogen and oxygen atoms in total. The van der Waals surface area contributed by atoms with Gasteiger partial charge in [0.15, 0.2) is 0 Å². The minimum Gasteiger partial charge on any atom is -0.598 e. The summed E-state index contributed by atoms with van der Waals surface area (Å²) in [4.78, 5) is 14.9. The second kappa shape index (κ2) is 11.0. The van der Waals surface area contributed by atoms with E-state index in [1.165, 1.54) is 18.2 Å². The Bertz CT molecular complexity index is 784. The molecule has 1 N–H and O–H groups in total. The summed E-state index contributed by atoms with van der Waals surface area (Å²) in [5.41, 5.74) is 0.0388. The van der Waals surface area contributed by atoms with Crippen LogP contribution in [0.4, 0.5) is 13.2 Å². The Hall–Kier alpha value is -1.00. The van der Waals surface area contributed by atoms with Crippen molar-refractivity contribution in [3.05, 3.63) is 34.3 Å². The molecule has 1 amide bonds. The van der Waals surface area contributed by atoms with E-state index < -0.39 is 35.4 Å². The fourth-order valence-electron chi connectivity index (χ4n) is 4.52. The van der Waals surface area contributed by atoms with Crippen LogP contribution >= 0.6 is 11.6 Å². The average Bonchev–Trinajstić information content (AvgIpc) is 2.78. The Balaban J connectivity index is 1.69. The third-order valence-electron chi connectivity index (χ3n) is 6.50. The van der Waals surface area contributed by atoms with E-state index in [-0.39, 0.29) is 42.8 Å². The molecule has 10 heteroatoms. The van der Waals surface area contributed by atoms with Crippen molar-refractivity contribution in [1.29, 1.82) is 0 Å². The van der Waals surface area contributed by atoms with Gasteiger partial charge in [-0.1, -0.05) is 24.6 Å². The molecular weight excluding hydrogens is 463 g/mol. The van der Waals surface area contributed by atoms with Crippen molar-refractivity contribution in [3.8, 4) is 0 Å². The first-order valence-corrected chi connectivity index (χ1v) is 12.7. The minimum atomic E-state index is -2.69. The highest BCUT2D eigenvalue weighted by atomic mass is 35.5. The van der Waals surface area contributed by atoms with Gasteiger partial charge >= 0.3 is 0 Å². The molecule has 3 rings (SSSR count). The summed E-state index contributed by atoms with van der Waals surface area (Å²) in [6.07, 6.45) is 0.931. The maximum atomic E-state index is 14.0. The van der Waals surface area contributed by atoms with Crippen LogP contribution in [0.1, 0.15) is 54.9 Å².